The van der Waals surface area contributed by atoms with Crippen molar-refractivity contribution >= 4 is 17.7 Å². The SMILES string of the molecule is Cc1ccccc1C(=O)N1CCC([C@H](NC(=O)CC(C)C)C(=O)NCC(C)C)CC1. The number of likely N-dealkylation sites (tertiary alicyclic amines) is 1. The van der Waals surface area contributed by atoms with Gasteiger partial charge in [0.2, 0.25) is 11.8 Å². The number of hydrogen-bond acceptors (Lipinski definition) is 3. The van der Waals surface area contributed by atoms with Crippen molar-refractivity contribution in [1.29, 1.82) is 0 Å². The molecule has 1 saturated heterocycles. The summed E-state index contributed by atoms with van der Waals surface area (Å²) in [5, 5.41) is 5.94. The highest BCUT2D eigenvalue weighted by molar-refractivity contribution is 5.95. The molecule has 0 spiro atoms. The second-order valence-corrected chi connectivity index (χ2v) is 9.23. The Bertz CT molecular complexity index is 737. The van der Waals surface area contributed by atoms with Crippen molar-refractivity contribution in [3.8, 4) is 0 Å². The highest BCUT2D eigenvalue weighted by Gasteiger charge is 2.34. The summed E-state index contributed by atoms with van der Waals surface area (Å²) in [6, 6.07) is 7.06. The number of rotatable bonds is 8. The lowest BCUT2D eigenvalue weighted by molar-refractivity contribution is -0.131. The second kappa shape index (κ2) is 11.1. The van der Waals surface area contributed by atoms with Crippen LogP contribution in [0.5, 0.6) is 0 Å². The average molecular weight is 416 g/mol. The number of nitrogens with zero attached hydrogens (tertiary/aromatic N) is 1. The molecular formula is C24H37N3O3. The molecule has 0 aromatic heterocycles. The fraction of sp³-hybridized carbons (Fsp3) is 0.625. The minimum Gasteiger partial charge on any atom is -0.354 e. The Labute approximate surface area is 180 Å². The molecule has 166 valence electrons. The molecule has 0 radical (unpaired) electrons. The van der Waals surface area contributed by atoms with Crippen LogP contribution in [-0.2, 0) is 9.59 Å². The van der Waals surface area contributed by atoms with E-state index in [1.165, 1.54) is 0 Å². The molecule has 1 aromatic carbocycles. The van der Waals surface area contributed by atoms with Gasteiger partial charge in [-0.15, -0.1) is 0 Å². The van der Waals surface area contributed by atoms with Crippen molar-refractivity contribution in [3.63, 3.8) is 0 Å². The third-order valence-corrected chi connectivity index (χ3v) is 5.55. The summed E-state index contributed by atoms with van der Waals surface area (Å²) in [7, 11) is 0. The van der Waals surface area contributed by atoms with Crippen LogP contribution in [0.2, 0.25) is 0 Å². The van der Waals surface area contributed by atoms with Crippen LogP contribution in [0.4, 0.5) is 0 Å². The Kier molecular flexibility index (Phi) is 8.88. The molecule has 2 N–H and O–H groups in total. The van der Waals surface area contributed by atoms with Gasteiger partial charge in [0.15, 0.2) is 0 Å². The van der Waals surface area contributed by atoms with E-state index in [2.05, 4.69) is 10.6 Å². The zero-order chi connectivity index (χ0) is 22.3. The van der Waals surface area contributed by atoms with Gasteiger partial charge in [-0.1, -0.05) is 45.9 Å². The van der Waals surface area contributed by atoms with E-state index >= 15 is 0 Å². The van der Waals surface area contributed by atoms with E-state index < -0.39 is 6.04 Å². The predicted octanol–water partition coefficient (Wildman–Crippen LogP) is 3.15. The zero-order valence-electron chi connectivity index (χ0n) is 19.0. The first kappa shape index (κ1) is 23.9. The number of aryl methyl sites for hydroxylation is 1. The van der Waals surface area contributed by atoms with Gasteiger partial charge >= 0.3 is 0 Å². The van der Waals surface area contributed by atoms with Crippen LogP contribution >= 0.6 is 0 Å². The lowest BCUT2D eigenvalue weighted by Crippen LogP contribution is -2.54. The first-order valence-electron chi connectivity index (χ1n) is 11.1. The molecular weight excluding hydrogens is 378 g/mol. The van der Waals surface area contributed by atoms with Crippen LogP contribution in [0.15, 0.2) is 24.3 Å². The monoisotopic (exact) mass is 415 g/mol. The topological polar surface area (TPSA) is 78.5 Å². The Hall–Kier alpha value is -2.37. The van der Waals surface area contributed by atoms with Crippen LogP contribution in [0.25, 0.3) is 0 Å². The van der Waals surface area contributed by atoms with Gasteiger partial charge in [-0.3, -0.25) is 14.4 Å². The van der Waals surface area contributed by atoms with E-state index in [1.54, 1.807) is 0 Å². The van der Waals surface area contributed by atoms with E-state index in [-0.39, 0.29) is 29.6 Å². The predicted molar refractivity (Wildman–Crippen MR) is 119 cm³/mol. The molecule has 30 heavy (non-hydrogen) atoms. The fourth-order valence-corrected chi connectivity index (χ4v) is 3.83. The quantitative estimate of drug-likeness (QED) is 0.685. The minimum absolute atomic E-state index is 0.0224. The average Bonchev–Trinajstić information content (AvgIpc) is 2.69. The maximum absolute atomic E-state index is 12.9. The number of piperidine rings is 1. The fourth-order valence-electron chi connectivity index (χ4n) is 3.83. The number of carbonyl (C=O) groups is 3. The van der Waals surface area contributed by atoms with E-state index in [9.17, 15) is 14.4 Å². The van der Waals surface area contributed by atoms with Gasteiger partial charge in [0.05, 0.1) is 0 Å². The largest absolute Gasteiger partial charge is 0.354 e. The molecule has 0 unspecified atom stereocenters. The Morgan fingerprint density at radius 3 is 2.23 bits per heavy atom. The number of nitrogens with one attached hydrogen (secondary N) is 2. The Morgan fingerprint density at radius 1 is 1.03 bits per heavy atom. The molecule has 0 bridgehead atoms. The first-order valence-corrected chi connectivity index (χ1v) is 11.1. The zero-order valence-corrected chi connectivity index (χ0v) is 19.0. The normalized spacial score (nSPS) is 15.9. The molecule has 6 heteroatoms. The summed E-state index contributed by atoms with van der Waals surface area (Å²) in [5.41, 5.74) is 1.70. The summed E-state index contributed by atoms with van der Waals surface area (Å²) in [4.78, 5) is 40.0. The Balaban J connectivity index is 2.03. The standard InChI is InChI=1S/C24H37N3O3/c1-16(2)14-21(28)26-22(23(29)25-15-17(3)4)19-10-12-27(13-11-19)24(30)20-9-7-6-8-18(20)5/h6-9,16-17,19,22H,10-15H2,1-5H3,(H,25,29)(H,26,28)/t22-/m0/s1. The van der Waals surface area contributed by atoms with Gasteiger partial charge in [0.1, 0.15) is 6.04 Å². The molecule has 1 aliphatic rings. The van der Waals surface area contributed by atoms with Crippen LogP contribution in [-0.4, -0.2) is 48.3 Å². The van der Waals surface area contributed by atoms with Crippen LogP contribution in [0, 0.1) is 24.7 Å². The molecule has 2 rings (SSSR count). The van der Waals surface area contributed by atoms with E-state index in [4.69, 9.17) is 0 Å². The summed E-state index contributed by atoms with van der Waals surface area (Å²) in [5.74, 6) is 0.426. The van der Waals surface area contributed by atoms with Crippen molar-refractivity contribution < 1.29 is 14.4 Å². The van der Waals surface area contributed by atoms with Crippen LogP contribution < -0.4 is 10.6 Å². The van der Waals surface area contributed by atoms with E-state index in [0.717, 1.165) is 11.1 Å². The van der Waals surface area contributed by atoms with Crippen molar-refractivity contribution in [2.24, 2.45) is 17.8 Å². The van der Waals surface area contributed by atoms with Gasteiger partial charge in [0, 0.05) is 31.6 Å². The first-order chi connectivity index (χ1) is 14.2. The van der Waals surface area contributed by atoms with Gasteiger partial charge in [-0.2, -0.15) is 0 Å². The molecule has 1 heterocycles. The van der Waals surface area contributed by atoms with Gasteiger partial charge in [0.25, 0.3) is 5.91 Å². The summed E-state index contributed by atoms with van der Waals surface area (Å²) >= 11 is 0. The Morgan fingerprint density at radius 2 is 1.67 bits per heavy atom. The number of benzene rings is 1. The van der Waals surface area contributed by atoms with E-state index in [0.29, 0.717) is 44.8 Å². The molecule has 3 amide bonds. The van der Waals surface area contributed by atoms with Gasteiger partial charge in [-0.25, -0.2) is 0 Å². The number of hydrogen-bond donors (Lipinski definition) is 2. The number of amides is 3. The van der Waals surface area contributed by atoms with Crippen molar-refractivity contribution in [1.82, 2.24) is 15.5 Å². The third kappa shape index (κ3) is 6.85. The molecule has 1 atom stereocenters. The van der Waals surface area contributed by atoms with Crippen LogP contribution in [0.1, 0.15) is 62.9 Å². The number of carbonyl (C=O) groups excluding carboxylic acids is 3. The highest BCUT2D eigenvalue weighted by Crippen LogP contribution is 2.23. The van der Waals surface area contributed by atoms with Gasteiger partial charge < -0.3 is 15.5 Å². The molecule has 0 aliphatic carbocycles. The summed E-state index contributed by atoms with van der Waals surface area (Å²) < 4.78 is 0. The maximum Gasteiger partial charge on any atom is 0.254 e. The van der Waals surface area contributed by atoms with E-state index in [1.807, 2.05) is 63.8 Å². The van der Waals surface area contributed by atoms with Crippen LogP contribution in [0.3, 0.4) is 0 Å². The second-order valence-electron chi connectivity index (χ2n) is 9.23. The summed E-state index contributed by atoms with van der Waals surface area (Å²) in [6.45, 7) is 11.8. The van der Waals surface area contributed by atoms with Crippen molar-refractivity contribution in [2.75, 3.05) is 19.6 Å². The molecule has 1 fully saturated rings. The van der Waals surface area contributed by atoms with Crippen molar-refractivity contribution in [3.05, 3.63) is 35.4 Å². The summed E-state index contributed by atoms with van der Waals surface area (Å²) in [6.07, 6.45) is 1.79. The molecule has 1 aliphatic heterocycles. The minimum atomic E-state index is -0.550. The molecule has 6 nitrogen and oxygen atoms in total. The lowest BCUT2D eigenvalue weighted by Gasteiger charge is -2.36. The molecule has 0 saturated carbocycles. The van der Waals surface area contributed by atoms with Crippen molar-refractivity contribution in [2.45, 2.75) is 59.9 Å². The third-order valence-electron chi connectivity index (χ3n) is 5.55. The smallest absolute Gasteiger partial charge is 0.254 e. The highest BCUT2D eigenvalue weighted by atomic mass is 16.2. The molecule has 1 aromatic rings. The lowest BCUT2D eigenvalue weighted by atomic mass is 9.88. The van der Waals surface area contributed by atoms with Gasteiger partial charge in [-0.05, 0) is 49.1 Å². The maximum atomic E-state index is 12.9.